The van der Waals surface area contributed by atoms with Gasteiger partial charge in [0.15, 0.2) is 6.10 Å². The molecule has 0 aliphatic carbocycles. The topological polar surface area (TPSA) is 78.9 Å². The molecule has 6 nitrogen and oxygen atoms in total. The highest BCUT2D eigenvalue weighted by Gasteiger charge is 2.19. The van der Waals surface area contributed by atoms with Crippen LogP contribution < -0.4 is 0 Å². The first-order chi connectivity index (χ1) is 41.0. The molecule has 0 aliphatic heterocycles. The molecule has 0 heterocycles. The maximum absolute atomic E-state index is 13.0. The first-order valence-corrected chi connectivity index (χ1v) is 36.4. The summed E-state index contributed by atoms with van der Waals surface area (Å²) in [5.74, 6) is -0.904. The van der Waals surface area contributed by atoms with Crippen molar-refractivity contribution in [3.8, 4) is 0 Å². The largest absolute Gasteiger partial charge is 0.462 e. The lowest BCUT2D eigenvalue weighted by atomic mass is 10.0. The van der Waals surface area contributed by atoms with Crippen LogP contribution >= 0.6 is 0 Å². The highest BCUT2D eigenvalue weighted by atomic mass is 16.6. The van der Waals surface area contributed by atoms with Crippen molar-refractivity contribution in [2.24, 2.45) is 0 Å². The molecule has 0 aromatic rings. The van der Waals surface area contributed by atoms with E-state index in [4.69, 9.17) is 14.2 Å². The van der Waals surface area contributed by atoms with Crippen molar-refractivity contribution in [1.29, 1.82) is 0 Å². The molecule has 0 radical (unpaired) electrons. The zero-order valence-corrected chi connectivity index (χ0v) is 55.5. The Kier molecular flexibility index (Phi) is 68.6. The third-order valence-electron chi connectivity index (χ3n) is 16.2. The van der Waals surface area contributed by atoms with Gasteiger partial charge in [0.25, 0.3) is 0 Å². The molecular formula is C77H138O6. The summed E-state index contributed by atoms with van der Waals surface area (Å²) >= 11 is 0. The van der Waals surface area contributed by atoms with Crippen LogP contribution in [0, 0.1) is 0 Å². The van der Waals surface area contributed by atoms with Gasteiger partial charge in [-0.2, -0.15) is 0 Å². The van der Waals surface area contributed by atoms with Crippen LogP contribution in [0.15, 0.2) is 72.9 Å². The third-order valence-corrected chi connectivity index (χ3v) is 16.2. The van der Waals surface area contributed by atoms with Crippen LogP contribution in [0.2, 0.25) is 0 Å². The van der Waals surface area contributed by atoms with Crippen molar-refractivity contribution in [3.05, 3.63) is 72.9 Å². The summed E-state index contributed by atoms with van der Waals surface area (Å²) in [5.41, 5.74) is 0. The highest BCUT2D eigenvalue weighted by molar-refractivity contribution is 5.71. The Balaban J connectivity index is 4.28. The number of carbonyl (C=O) groups is 3. The highest BCUT2D eigenvalue weighted by Crippen LogP contribution is 2.18. The number of allylic oxidation sites excluding steroid dienone is 12. The van der Waals surface area contributed by atoms with Gasteiger partial charge >= 0.3 is 17.9 Å². The first kappa shape index (κ1) is 79.8. The van der Waals surface area contributed by atoms with Crippen molar-refractivity contribution in [2.75, 3.05) is 13.2 Å². The standard InChI is InChI=1S/C77H138O6/c1-4-7-10-13-16-19-22-25-28-30-32-34-36-37-38-39-41-42-44-46-49-52-55-58-61-64-67-70-76(79)82-73-74(72-81-75(78)69-66-63-60-57-54-51-48-27-24-21-18-15-12-9-6-3)83-77(80)71-68-65-62-59-56-53-50-47-45-43-40-35-33-31-29-26-23-20-17-14-11-8-5-2/h9,12,18,21-22,25,27,30,32,48,54,57,74H,4-8,10-11,13-17,19-20,23-24,26,28-29,31,33-47,49-53,55-56,58-73H2,1-3H3/b12-9-,21-18-,25-22-,32-30-,48-27-,57-54-. The molecule has 0 N–H and O–H groups in total. The Hall–Kier alpha value is -3.15. The van der Waals surface area contributed by atoms with Gasteiger partial charge in [-0.05, 0) is 89.9 Å². The average Bonchev–Trinajstić information content (AvgIpc) is 3.49. The van der Waals surface area contributed by atoms with Gasteiger partial charge in [-0.25, -0.2) is 0 Å². The van der Waals surface area contributed by atoms with E-state index in [-0.39, 0.29) is 31.1 Å². The van der Waals surface area contributed by atoms with Crippen molar-refractivity contribution >= 4 is 17.9 Å². The van der Waals surface area contributed by atoms with E-state index in [1.807, 2.05) is 0 Å². The predicted octanol–water partition coefficient (Wildman–Crippen LogP) is 25.2. The third kappa shape index (κ3) is 69.5. The maximum atomic E-state index is 13.0. The van der Waals surface area contributed by atoms with Crippen LogP contribution in [-0.2, 0) is 28.6 Å². The Bertz CT molecular complexity index is 1520. The Morgan fingerprint density at radius 3 is 0.759 bits per heavy atom. The lowest BCUT2D eigenvalue weighted by Crippen LogP contribution is -2.30. The molecule has 0 aromatic heterocycles. The average molecular weight is 1160 g/mol. The van der Waals surface area contributed by atoms with Crippen LogP contribution in [0.3, 0.4) is 0 Å². The second-order valence-corrected chi connectivity index (χ2v) is 24.5. The van der Waals surface area contributed by atoms with Gasteiger partial charge in [-0.15, -0.1) is 0 Å². The zero-order valence-electron chi connectivity index (χ0n) is 55.5. The minimum atomic E-state index is -0.792. The van der Waals surface area contributed by atoms with E-state index in [0.29, 0.717) is 19.3 Å². The Morgan fingerprint density at radius 2 is 0.470 bits per heavy atom. The van der Waals surface area contributed by atoms with Gasteiger partial charge in [-0.3, -0.25) is 14.4 Å². The van der Waals surface area contributed by atoms with Gasteiger partial charge in [0.2, 0.25) is 0 Å². The molecule has 0 fully saturated rings. The summed E-state index contributed by atoms with van der Waals surface area (Å²) in [6.45, 7) is 6.55. The molecule has 0 rings (SSSR count). The zero-order chi connectivity index (χ0) is 59.9. The van der Waals surface area contributed by atoms with E-state index < -0.39 is 6.10 Å². The smallest absolute Gasteiger partial charge is 0.306 e. The molecule has 0 saturated heterocycles. The summed E-state index contributed by atoms with van der Waals surface area (Å²) in [4.78, 5) is 38.5. The fourth-order valence-corrected chi connectivity index (χ4v) is 10.8. The van der Waals surface area contributed by atoms with E-state index >= 15 is 0 Å². The van der Waals surface area contributed by atoms with Gasteiger partial charge < -0.3 is 14.2 Å². The fraction of sp³-hybridized carbons (Fsp3) is 0.805. The van der Waals surface area contributed by atoms with Gasteiger partial charge in [-0.1, -0.05) is 344 Å². The Morgan fingerprint density at radius 1 is 0.253 bits per heavy atom. The molecule has 0 aliphatic rings. The van der Waals surface area contributed by atoms with Crippen LogP contribution in [0.1, 0.15) is 380 Å². The molecule has 0 saturated carbocycles. The van der Waals surface area contributed by atoms with Crippen molar-refractivity contribution in [1.82, 2.24) is 0 Å². The number of carbonyl (C=O) groups excluding carboxylic acids is 3. The lowest BCUT2D eigenvalue weighted by Gasteiger charge is -2.18. The normalized spacial score (nSPS) is 12.5. The van der Waals surface area contributed by atoms with Gasteiger partial charge in [0, 0.05) is 19.3 Å². The summed E-state index contributed by atoms with van der Waals surface area (Å²) in [6.07, 6.45) is 93.8. The van der Waals surface area contributed by atoms with Gasteiger partial charge in [0.1, 0.15) is 13.2 Å². The van der Waals surface area contributed by atoms with Crippen molar-refractivity contribution < 1.29 is 28.6 Å². The molecule has 1 unspecified atom stereocenters. The fourth-order valence-electron chi connectivity index (χ4n) is 10.8. The number of unbranched alkanes of at least 4 members (excludes halogenated alkanes) is 44. The van der Waals surface area contributed by atoms with Crippen LogP contribution in [0.5, 0.6) is 0 Å². The number of esters is 3. The van der Waals surface area contributed by atoms with Crippen LogP contribution in [0.4, 0.5) is 0 Å². The molecule has 482 valence electrons. The molecule has 0 aromatic carbocycles. The summed E-state index contributed by atoms with van der Waals surface area (Å²) < 4.78 is 17.0. The lowest BCUT2D eigenvalue weighted by molar-refractivity contribution is -0.167. The minimum Gasteiger partial charge on any atom is -0.462 e. The first-order valence-electron chi connectivity index (χ1n) is 36.4. The summed E-state index contributed by atoms with van der Waals surface area (Å²) in [7, 11) is 0. The van der Waals surface area contributed by atoms with E-state index in [2.05, 4.69) is 93.7 Å². The quantitative estimate of drug-likeness (QED) is 0.0261. The monoisotopic (exact) mass is 1160 g/mol. The minimum absolute atomic E-state index is 0.0846. The van der Waals surface area contributed by atoms with E-state index in [0.717, 1.165) is 89.9 Å². The Labute approximate surface area is 516 Å². The van der Waals surface area contributed by atoms with Crippen LogP contribution in [0.25, 0.3) is 0 Å². The number of ether oxygens (including phenoxy) is 3. The second-order valence-electron chi connectivity index (χ2n) is 24.5. The number of hydrogen-bond donors (Lipinski definition) is 0. The second kappa shape index (κ2) is 71.3. The van der Waals surface area contributed by atoms with Crippen LogP contribution in [-0.4, -0.2) is 37.2 Å². The van der Waals surface area contributed by atoms with E-state index in [1.165, 1.54) is 250 Å². The number of rotatable bonds is 67. The molecule has 0 spiro atoms. The molecule has 6 heteroatoms. The van der Waals surface area contributed by atoms with E-state index in [1.54, 1.807) is 0 Å². The number of hydrogen-bond acceptors (Lipinski definition) is 6. The molecule has 0 bridgehead atoms. The summed E-state index contributed by atoms with van der Waals surface area (Å²) in [6, 6.07) is 0. The van der Waals surface area contributed by atoms with Crippen molar-refractivity contribution in [3.63, 3.8) is 0 Å². The molecular weight excluding hydrogens is 1020 g/mol. The molecule has 83 heavy (non-hydrogen) atoms. The SMILES string of the molecule is CC/C=C\C/C=C\C/C=C\C/C=C\CCCCC(=O)OCC(COC(=O)CCCCCCCCCCCCCCCCC/C=C\C/C=C\CCCCCCC)OC(=O)CCCCCCCCCCCCCCCCCCCCCCCCC. The molecule has 0 amide bonds. The molecule has 1 atom stereocenters. The predicted molar refractivity (Wildman–Crippen MR) is 362 cm³/mol. The maximum Gasteiger partial charge on any atom is 0.306 e. The van der Waals surface area contributed by atoms with Gasteiger partial charge in [0.05, 0.1) is 0 Å². The van der Waals surface area contributed by atoms with E-state index in [9.17, 15) is 14.4 Å². The summed E-state index contributed by atoms with van der Waals surface area (Å²) in [5, 5.41) is 0. The van der Waals surface area contributed by atoms with Crippen molar-refractivity contribution in [2.45, 2.75) is 386 Å².